The number of hydrogen-bond donors (Lipinski definition) is 1. The first-order valence-corrected chi connectivity index (χ1v) is 7.30. The summed E-state index contributed by atoms with van der Waals surface area (Å²) in [5.41, 5.74) is 1.18. The first-order valence-electron chi connectivity index (χ1n) is 6.42. The Morgan fingerprint density at radius 2 is 2.38 bits per heavy atom. The van der Waals surface area contributed by atoms with E-state index in [1.165, 1.54) is 42.8 Å². The largest absolute Gasteiger partial charge is 0.314 e. The summed E-state index contributed by atoms with van der Waals surface area (Å²) in [6.07, 6.45) is 6.67. The van der Waals surface area contributed by atoms with Crippen LogP contribution in [0.25, 0.3) is 0 Å². The Morgan fingerprint density at radius 3 is 3.06 bits per heavy atom. The maximum atomic E-state index is 4.57. The second-order valence-corrected chi connectivity index (χ2v) is 5.82. The maximum absolute atomic E-state index is 4.57. The lowest BCUT2D eigenvalue weighted by Crippen LogP contribution is -2.34. The van der Waals surface area contributed by atoms with Crippen LogP contribution in [-0.2, 0) is 6.42 Å². The zero-order valence-electron chi connectivity index (χ0n) is 10.3. The monoisotopic (exact) mass is 238 g/mol. The molecule has 0 radical (unpaired) electrons. The Balaban J connectivity index is 1.85. The smallest absolute Gasteiger partial charge is 0.0930 e. The van der Waals surface area contributed by atoms with Crippen LogP contribution in [0.3, 0.4) is 0 Å². The molecule has 0 saturated heterocycles. The number of nitrogens with zero attached hydrogens (tertiary/aromatic N) is 1. The van der Waals surface area contributed by atoms with Crippen molar-refractivity contribution in [1.29, 1.82) is 0 Å². The van der Waals surface area contributed by atoms with Crippen molar-refractivity contribution in [3.63, 3.8) is 0 Å². The van der Waals surface area contributed by atoms with Gasteiger partial charge >= 0.3 is 0 Å². The molecule has 0 bridgehead atoms. The fourth-order valence-electron chi connectivity index (χ4n) is 2.69. The van der Waals surface area contributed by atoms with Crippen molar-refractivity contribution < 1.29 is 0 Å². The summed E-state index contributed by atoms with van der Waals surface area (Å²) in [5, 5.41) is 7.09. The van der Waals surface area contributed by atoms with Crippen molar-refractivity contribution >= 4 is 11.3 Å². The minimum atomic E-state index is 0.754. The van der Waals surface area contributed by atoms with Crippen LogP contribution in [0.2, 0.25) is 0 Å². The van der Waals surface area contributed by atoms with Crippen molar-refractivity contribution in [1.82, 2.24) is 10.3 Å². The van der Waals surface area contributed by atoms with Gasteiger partial charge in [0.1, 0.15) is 0 Å². The van der Waals surface area contributed by atoms with E-state index >= 15 is 0 Å². The summed E-state index contributed by atoms with van der Waals surface area (Å²) in [6, 6.07) is 0.754. The van der Waals surface area contributed by atoms with Gasteiger partial charge in [0.2, 0.25) is 0 Å². The molecule has 2 unspecified atom stereocenters. The highest BCUT2D eigenvalue weighted by Gasteiger charge is 2.22. The summed E-state index contributed by atoms with van der Waals surface area (Å²) < 4.78 is 0. The van der Waals surface area contributed by atoms with Gasteiger partial charge in [-0.3, -0.25) is 0 Å². The van der Waals surface area contributed by atoms with E-state index in [0.29, 0.717) is 0 Å². The molecule has 0 aromatic carbocycles. The van der Waals surface area contributed by atoms with Gasteiger partial charge in [-0.15, -0.1) is 11.3 Å². The molecule has 16 heavy (non-hydrogen) atoms. The predicted molar refractivity (Wildman–Crippen MR) is 70.0 cm³/mol. The summed E-state index contributed by atoms with van der Waals surface area (Å²) in [5.74, 6) is 0.850. The van der Waals surface area contributed by atoms with Gasteiger partial charge in [-0.05, 0) is 38.6 Å². The number of rotatable bonds is 4. The maximum Gasteiger partial charge on any atom is 0.0930 e. The Labute approximate surface area is 102 Å². The van der Waals surface area contributed by atoms with Crippen molar-refractivity contribution in [3.05, 3.63) is 16.1 Å². The average molecular weight is 238 g/mol. The van der Waals surface area contributed by atoms with Crippen LogP contribution in [0.4, 0.5) is 0 Å². The summed E-state index contributed by atoms with van der Waals surface area (Å²) in [6.45, 7) is 5.39. The third-order valence-electron chi connectivity index (χ3n) is 3.41. The molecule has 1 heterocycles. The topological polar surface area (TPSA) is 24.9 Å². The highest BCUT2D eigenvalue weighted by atomic mass is 32.1. The van der Waals surface area contributed by atoms with Crippen molar-refractivity contribution in [3.8, 4) is 0 Å². The molecule has 3 heteroatoms. The lowest BCUT2D eigenvalue weighted by molar-refractivity contribution is 0.287. The predicted octanol–water partition coefficient (Wildman–Crippen LogP) is 3.16. The minimum Gasteiger partial charge on any atom is -0.314 e. The number of aryl methyl sites for hydroxylation is 1. The molecular formula is C13H22N2S. The van der Waals surface area contributed by atoms with Gasteiger partial charge in [-0.2, -0.15) is 0 Å². The molecular weight excluding hydrogens is 216 g/mol. The quantitative estimate of drug-likeness (QED) is 0.871. The standard InChI is InChI=1S/C13H22N2S/c1-3-14-12-6-4-5-11(7-12)8-13-15-10(2)9-16-13/h9,11-12,14H,3-8H2,1-2H3. The third-order valence-corrected chi connectivity index (χ3v) is 4.39. The van der Waals surface area contributed by atoms with E-state index in [-0.39, 0.29) is 0 Å². The number of nitrogens with one attached hydrogen (secondary N) is 1. The first kappa shape index (κ1) is 12.1. The molecule has 1 aromatic rings. The second-order valence-electron chi connectivity index (χ2n) is 4.87. The molecule has 1 fully saturated rings. The molecule has 0 amide bonds. The molecule has 0 spiro atoms. The van der Waals surface area contributed by atoms with Crippen molar-refractivity contribution in [2.75, 3.05) is 6.54 Å². The average Bonchev–Trinajstić information content (AvgIpc) is 2.65. The van der Waals surface area contributed by atoms with Gasteiger partial charge in [0.05, 0.1) is 5.01 Å². The normalized spacial score (nSPS) is 25.9. The van der Waals surface area contributed by atoms with E-state index < -0.39 is 0 Å². The van der Waals surface area contributed by atoms with Crippen LogP contribution in [0.15, 0.2) is 5.38 Å². The van der Waals surface area contributed by atoms with Gasteiger partial charge in [0, 0.05) is 23.5 Å². The van der Waals surface area contributed by atoms with Gasteiger partial charge in [-0.1, -0.05) is 13.3 Å². The fourth-order valence-corrected chi connectivity index (χ4v) is 3.58. The molecule has 0 aliphatic heterocycles. The van der Waals surface area contributed by atoms with E-state index in [4.69, 9.17) is 0 Å². The molecule has 90 valence electrons. The summed E-state index contributed by atoms with van der Waals surface area (Å²) >= 11 is 1.83. The molecule has 1 aliphatic rings. The minimum absolute atomic E-state index is 0.754. The third kappa shape index (κ3) is 3.29. The second kappa shape index (κ2) is 5.78. The Morgan fingerprint density at radius 1 is 1.50 bits per heavy atom. The lowest BCUT2D eigenvalue weighted by Gasteiger charge is -2.29. The van der Waals surface area contributed by atoms with Gasteiger partial charge in [-0.25, -0.2) is 4.98 Å². The lowest BCUT2D eigenvalue weighted by atomic mass is 9.84. The van der Waals surface area contributed by atoms with Crippen LogP contribution in [0.5, 0.6) is 0 Å². The van der Waals surface area contributed by atoms with E-state index in [2.05, 4.69) is 29.5 Å². The van der Waals surface area contributed by atoms with Crippen LogP contribution in [0.1, 0.15) is 43.3 Å². The van der Waals surface area contributed by atoms with Crippen molar-refractivity contribution in [2.24, 2.45) is 5.92 Å². The zero-order valence-corrected chi connectivity index (χ0v) is 11.1. The van der Waals surface area contributed by atoms with E-state index in [0.717, 1.165) is 18.5 Å². The number of thiazole rings is 1. The van der Waals surface area contributed by atoms with Crippen molar-refractivity contribution in [2.45, 2.75) is 52.0 Å². The molecule has 2 nitrogen and oxygen atoms in total. The highest BCUT2D eigenvalue weighted by Crippen LogP contribution is 2.28. The molecule has 2 atom stereocenters. The number of hydrogen-bond acceptors (Lipinski definition) is 3. The van der Waals surface area contributed by atoms with E-state index in [9.17, 15) is 0 Å². The molecule has 1 saturated carbocycles. The molecule has 1 N–H and O–H groups in total. The highest BCUT2D eigenvalue weighted by molar-refractivity contribution is 7.09. The van der Waals surface area contributed by atoms with Crippen LogP contribution in [-0.4, -0.2) is 17.6 Å². The molecule has 2 rings (SSSR count). The van der Waals surface area contributed by atoms with Gasteiger partial charge in [0.25, 0.3) is 0 Å². The van der Waals surface area contributed by atoms with Crippen LogP contribution in [0, 0.1) is 12.8 Å². The van der Waals surface area contributed by atoms with Gasteiger partial charge in [0.15, 0.2) is 0 Å². The molecule has 1 aliphatic carbocycles. The summed E-state index contributed by atoms with van der Waals surface area (Å²) in [7, 11) is 0. The fraction of sp³-hybridized carbons (Fsp3) is 0.769. The SMILES string of the molecule is CCNC1CCCC(Cc2nc(C)cs2)C1. The summed E-state index contributed by atoms with van der Waals surface area (Å²) in [4.78, 5) is 4.57. The van der Waals surface area contributed by atoms with E-state index in [1.807, 2.05) is 11.3 Å². The van der Waals surface area contributed by atoms with Crippen LogP contribution >= 0.6 is 11.3 Å². The Bertz CT molecular complexity index is 319. The molecule has 1 aromatic heterocycles. The Hall–Kier alpha value is -0.410. The number of aromatic nitrogens is 1. The first-order chi connectivity index (χ1) is 7.78. The zero-order chi connectivity index (χ0) is 11.4. The van der Waals surface area contributed by atoms with Crippen LogP contribution < -0.4 is 5.32 Å². The Kier molecular flexibility index (Phi) is 4.36. The van der Waals surface area contributed by atoms with Gasteiger partial charge < -0.3 is 5.32 Å². The van der Waals surface area contributed by atoms with E-state index in [1.54, 1.807) is 0 Å².